The fourth-order valence-electron chi connectivity index (χ4n) is 2.91. The van der Waals surface area contributed by atoms with E-state index in [9.17, 15) is 18.7 Å². The Labute approximate surface area is 166 Å². The standard InChI is InChI=1S/C19H13F2N3O4S/c1-27-13-6-11-12(7-14(13)28-2)24(8-22-11)19-23-16(17(29-19)18(25)26)9-4-3-5-10(20)15(9)21/h3-8H,1-2H3,(H,25,26). The van der Waals surface area contributed by atoms with Crippen LogP contribution in [0.4, 0.5) is 8.78 Å². The van der Waals surface area contributed by atoms with Gasteiger partial charge in [0.25, 0.3) is 0 Å². The molecule has 0 spiro atoms. The highest BCUT2D eigenvalue weighted by molar-refractivity contribution is 7.16. The summed E-state index contributed by atoms with van der Waals surface area (Å²) >= 11 is 0.824. The molecular weight excluding hydrogens is 404 g/mol. The van der Waals surface area contributed by atoms with Crippen LogP contribution < -0.4 is 9.47 Å². The minimum absolute atomic E-state index is 0.156. The molecule has 148 valence electrons. The predicted molar refractivity (Wildman–Crippen MR) is 102 cm³/mol. The van der Waals surface area contributed by atoms with Gasteiger partial charge in [0.15, 0.2) is 28.3 Å². The first-order valence-corrected chi connectivity index (χ1v) is 9.04. The molecule has 0 atom stereocenters. The summed E-state index contributed by atoms with van der Waals surface area (Å²) in [7, 11) is 2.99. The molecule has 0 fully saturated rings. The molecule has 2 heterocycles. The highest BCUT2D eigenvalue weighted by Gasteiger charge is 2.24. The molecule has 4 rings (SSSR count). The molecule has 2 aromatic carbocycles. The Bertz CT molecular complexity index is 1250. The molecule has 0 amide bonds. The van der Waals surface area contributed by atoms with Gasteiger partial charge in [-0.25, -0.2) is 23.5 Å². The Morgan fingerprint density at radius 3 is 2.59 bits per heavy atom. The van der Waals surface area contributed by atoms with Crippen LogP contribution in [0.3, 0.4) is 0 Å². The Morgan fingerprint density at radius 1 is 1.17 bits per heavy atom. The van der Waals surface area contributed by atoms with Crippen LogP contribution in [0, 0.1) is 11.6 Å². The molecule has 29 heavy (non-hydrogen) atoms. The molecule has 1 N–H and O–H groups in total. The largest absolute Gasteiger partial charge is 0.493 e. The van der Waals surface area contributed by atoms with E-state index in [1.54, 1.807) is 16.7 Å². The maximum absolute atomic E-state index is 14.3. The average Bonchev–Trinajstić information content (AvgIpc) is 3.32. The van der Waals surface area contributed by atoms with Crippen LogP contribution in [0.5, 0.6) is 11.5 Å². The minimum Gasteiger partial charge on any atom is -0.493 e. The van der Waals surface area contributed by atoms with Crippen molar-refractivity contribution in [2.75, 3.05) is 14.2 Å². The van der Waals surface area contributed by atoms with E-state index in [0.717, 1.165) is 17.4 Å². The van der Waals surface area contributed by atoms with Crippen LogP contribution >= 0.6 is 11.3 Å². The minimum atomic E-state index is -1.30. The zero-order chi connectivity index (χ0) is 20.7. The molecular formula is C19H13F2N3O4S. The summed E-state index contributed by atoms with van der Waals surface area (Å²) in [5, 5.41) is 9.79. The first kappa shape index (κ1) is 18.8. The smallest absolute Gasteiger partial charge is 0.348 e. The van der Waals surface area contributed by atoms with E-state index in [1.165, 1.54) is 32.7 Å². The van der Waals surface area contributed by atoms with Crippen molar-refractivity contribution >= 4 is 28.3 Å². The molecule has 0 aliphatic heterocycles. The molecule has 0 bridgehead atoms. The van der Waals surface area contributed by atoms with Gasteiger partial charge < -0.3 is 14.6 Å². The quantitative estimate of drug-likeness (QED) is 0.525. The van der Waals surface area contributed by atoms with Gasteiger partial charge in [-0.15, -0.1) is 0 Å². The number of thiazole rings is 1. The lowest BCUT2D eigenvalue weighted by Crippen LogP contribution is -1.98. The number of hydrogen-bond acceptors (Lipinski definition) is 6. The molecule has 0 unspecified atom stereocenters. The third kappa shape index (κ3) is 3.07. The van der Waals surface area contributed by atoms with E-state index >= 15 is 0 Å². The number of aromatic nitrogens is 3. The maximum Gasteiger partial charge on any atom is 0.348 e. The van der Waals surface area contributed by atoms with Gasteiger partial charge in [-0.3, -0.25) is 4.57 Å². The number of ether oxygens (including phenoxy) is 2. The van der Waals surface area contributed by atoms with Crippen molar-refractivity contribution in [1.29, 1.82) is 0 Å². The van der Waals surface area contributed by atoms with Gasteiger partial charge >= 0.3 is 5.97 Å². The number of carbonyl (C=O) groups is 1. The van der Waals surface area contributed by atoms with Crippen molar-refractivity contribution < 1.29 is 28.2 Å². The zero-order valence-electron chi connectivity index (χ0n) is 15.1. The van der Waals surface area contributed by atoms with Crippen molar-refractivity contribution in [3.05, 3.63) is 53.2 Å². The fraction of sp³-hybridized carbons (Fsp3) is 0.105. The van der Waals surface area contributed by atoms with Crippen LogP contribution in [-0.2, 0) is 0 Å². The van der Waals surface area contributed by atoms with Crippen LogP contribution in [0.25, 0.3) is 27.4 Å². The fourth-order valence-corrected chi connectivity index (χ4v) is 3.82. The summed E-state index contributed by atoms with van der Waals surface area (Å²) in [6.45, 7) is 0. The topological polar surface area (TPSA) is 86.5 Å². The summed E-state index contributed by atoms with van der Waals surface area (Å²) in [5.74, 6) is -2.60. The van der Waals surface area contributed by atoms with Gasteiger partial charge in [-0.1, -0.05) is 17.4 Å². The second-order valence-corrected chi connectivity index (χ2v) is 6.87. The van der Waals surface area contributed by atoms with E-state index in [-0.39, 0.29) is 21.3 Å². The van der Waals surface area contributed by atoms with Crippen molar-refractivity contribution in [1.82, 2.24) is 14.5 Å². The molecule has 4 aromatic rings. The second-order valence-electron chi connectivity index (χ2n) is 5.89. The van der Waals surface area contributed by atoms with Gasteiger partial charge in [0.1, 0.15) is 16.9 Å². The average molecular weight is 417 g/mol. The molecule has 10 heteroatoms. The number of nitrogens with zero attached hydrogens (tertiary/aromatic N) is 3. The highest BCUT2D eigenvalue weighted by Crippen LogP contribution is 2.36. The first-order chi connectivity index (χ1) is 13.9. The van der Waals surface area contributed by atoms with Crippen molar-refractivity contribution in [2.24, 2.45) is 0 Å². The Kier molecular flexibility index (Phi) is 4.63. The zero-order valence-corrected chi connectivity index (χ0v) is 16.0. The van der Waals surface area contributed by atoms with Crippen LogP contribution in [0.2, 0.25) is 0 Å². The number of fused-ring (bicyclic) bond motifs is 1. The third-order valence-corrected chi connectivity index (χ3v) is 5.32. The van der Waals surface area contributed by atoms with Gasteiger partial charge in [-0.05, 0) is 12.1 Å². The molecule has 0 saturated heterocycles. The van der Waals surface area contributed by atoms with Crippen LogP contribution in [0.1, 0.15) is 9.67 Å². The summed E-state index contributed by atoms with van der Waals surface area (Å²) in [5.41, 5.74) is 0.762. The SMILES string of the molecule is COc1cc2ncn(-c3nc(-c4cccc(F)c4F)c(C(=O)O)s3)c2cc1OC. The lowest BCUT2D eigenvalue weighted by atomic mass is 10.1. The normalized spacial score (nSPS) is 11.0. The van der Waals surface area contributed by atoms with Crippen LogP contribution in [-0.4, -0.2) is 39.8 Å². The van der Waals surface area contributed by atoms with Crippen molar-refractivity contribution in [2.45, 2.75) is 0 Å². The number of carboxylic acids is 1. The van der Waals surface area contributed by atoms with E-state index in [2.05, 4.69) is 9.97 Å². The molecule has 0 radical (unpaired) electrons. The molecule has 0 aliphatic carbocycles. The maximum atomic E-state index is 14.3. The second kappa shape index (κ2) is 7.13. The number of halogens is 2. The van der Waals surface area contributed by atoms with Gasteiger partial charge in [0.2, 0.25) is 0 Å². The number of methoxy groups -OCH3 is 2. The summed E-state index contributed by atoms with van der Waals surface area (Å²) in [6, 6.07) is 6.87. The van der Waals surface area contributed by atoms with Crippen LogP contribution in [0.15, 0.2) is 36.7 Å². The Balaban J connectivity index is 1.93. The Hall–Kier alpha value is -3.53. The molecule has 0 aliphatic rings. The van der Waals surface area contributed by atoms with E-state index in [1.807, 2.05) is 0 Å². The summed E-state index contributed by atoms with van der Waals surface area (Å²) in [4.78, 5) is 20.1. The van der Waals surface area contributed by atoms with Gasteiger partial charge in [-0.2, -0.15) is 0 Å². The van der Waals surface area contributed by atoms with Gasteiger partial charge in [0, 0.05) is 17.7 Å². The number of hydrogen-bond donors (Lipinski definition) is 1. The highest BCUT2D eigenvalue weighted by atomic mass is 32.1. The number of rotatable bonds is 5. The van der Waals surface area contributed by atoms with Gasteiger partial charge in [0.05, 0.1) is 25.3 Å². The molecule has 2 aromatic heterocycles. The monoisotopic (exact) mass is 417 g/mol. The third-order valence-electron chi connectivity index (χ3n) is 4.28. The molecule has 7 nitrogen and oxygen atoms in total. The summed E-state index contributed by atoms with van der Waals surface area (Å²) < 4.78 is 40.0. The van der Waals surface area contributed by atoms with Crippen molar-refractivity contribution in [3.63, 3.8) is 0 Å². The van der Waals surface area contributed by atoms with E-state index in [0.29, 0.717) is 22.5 Å². The number of benzene rings is 2. The lowest BCUT2D eigenvalue weighted by Gasteiger charge is -2.07. The number of aromatic carboxylic acids is 1. The Morgan fingerprint density at radius 2 is 1.90 bits per heavy atom. The summed E-state index contributed by atoms with van der Waals surface area (Å²) in [6.07, 6.45) is 1.46. The first-order valence-electron chi connectivity index (χ1n) is 8.22. The van der Waals surface area contributed by atoms with E-state index in [4.69, 9.17) is 9.47 Å². The predicted octanol–water partition coefficient (Wildman–Crippen LogP) is 4.14. The van der Waals surface area contributed by atoms with E-state index < -0.39 is 17.6 Å². The number of carboxylic acid groups (broad SMARTS) is 1. The lowest BCUT2D eigenvalue weighted by molar-refractivity contribution is 0.0702. The molecule has 0 saturated carbocycles. The van der Waals surface area contributed by atoms with Crippen molar-refractivity contribution in [3.8, 4) is 27.9 Å². The number of imidazole rings is 1.